The summed E-state index contributed by atoms with van der Waals surface area (Å²) < 4.78 is 12.6. The Morgan fingerprint density at radius 2 is 2.00 bits per heavy atom. The molecule has 2 heterocycles. The summed E-state index contributed by atoms with van der Waals surface area (Å²) in [5.74, 6) is 2.57. The molecule has 0 fully saturated rings. The van der Waals surface area contributed by atoms with Gasteiger partial charge in [-0.05, 0) is 31.0 Å². The average Bonchev–Trinajstić information content (AvgIpc) is 2.85. The van der Waals surface area contributed by atoms with Gasteiger partial charge >= 0.3 is 0 Å². The Labute approximate surface area is 145 Å². The van der Waals surface area contributed by atoms with Crippen LogP contribution in [0.2, 0.25) is 0 Å². The zero-order valence-corrected chi connectivity index (χ0v) is 14.8. The Morgan fingerprint density at radius 1 is 1.17 bits per heavy atom. The molecule has 0 saturated carbocycles. The summed E-state index contributed by atoms with van der Waals surface area (Å²) in [6.07, 6.45) is 4.49. The number of benzene rings is 1. The molecular weight excluding hydrogens is 326 g/mol. The van der Waals surface area contributed by atoms with E-state index in [1.165, 1.54) is 18.2 Å². The number of Topliss-reactive ketones (excluding diaryl/α,β-unsaturated/α-hetero) is 1. The molecule has 0 N–H and O–H groups in total. The molecule has 0 unspecified atom stereocenters. The Kier molecular flexibility index (Phi) is 5.40. The van der Waals surface area contributed by atoms with E-state index >= 15 is 0 Å². The summed E-state index contributed by atoms with van der Waals surface area (Å²) in [6.45, 7) is 0.940. The normalized spacial score (nSPS) is 13.9. The van der Waals surface area contributed by atoms with Crippen molar-refractivity contribution < 1.29 is 14.3 Å². The van der Waals surface area contributed by atoms with E-state index in [9.17, 15) is 4.79 Å². The van der Waals surface area contributed by atoms with Crippen LogP contribution in [-0.2, 0) is 13.0 Å². The highest BCUT2D eigenvalue weighted by Crippen LogP contribution is 2.29. The number of fused-ring (bicyclic) bond motifs is 1. The molecule has 0 aliphatic carbocycles. The van der Waals surface area contributed by atoms with Gasteiger partial charge in [-0.3, -0.25) is 4.79 Å². The second kappa shape index (κ2) is 7.70. The minimum Gasteiger partial charge on any atom is -0.493 e. The van der Waals surface area contributed by atoms with Crippen LogP contribution in [0, 0.1) is 0 Å². The van der Waals surface area contributed by atoms with E-state index in [0.717, 1.165) is 36.8 Å². The Bertz CT molecular complexity index is 730. The van der Waals surface area contributed by atoms with Crippen molar-refractivity contribution in [2.24, 2.45) is 0 Å². The largest absolute Gasteiger partial charge is 0.493 e. The summed E-state index contributed by atoms with van der Waals surface area (Å²) in [6, 6.07) is 5.22. The second-order valence-electron chi connectivity index (χ2n) is 5.64. The van der Waals surface area contributed by atoms with E-state index in [1.54, 1.807) is 32.4 Å². The fourth-order valence-electron chi connectivity index (χ4n) is 2.79. The molecule has 0 radical (unpaired) electrons. The molecule has 128 valence electrons. The molecule has 7 heteroatoms. The van der Waals surface area contributed by atoms with Gasteiger partial charge in [0.15, 0.2) is 22.4 Å². The van der Waals surface area contributed by atoms with Gasteiger partial charge in [0, 0.05) is 18.5 Å². The van der Waals surface area contributed by atoms with Crippen LogP contribution in [0.3, 0.4) is 0 Å². The lowest BCUT2D eigenvalue weighted by Crippen LogP contribution is -2.06. The number of aryl methyl sites for hydroxylation is 1. The van der Waals surface area contributed by atoms with Gasteiger partial charge in [-0.1, -0.05) is 18.2 Å². The standard InChI is InChI=1S/C17H21N3O3S/c1-22-14-8-7-12(10-15(14)23-2)13(21)11-24-17-19-18-16-6-4-3-5-9-20(16)17/h7-8,10H,3-6,9,11H2,1-2H3. The van der Waals surface area contributed by atoms with Gasteiger partial charge in [-0.25, -0.2) is 0 Å². The molecule has 2 aromatic rings. The van der Waals surface area contributed by atoms with Crippen molar-refractivity contribution in [2.75, 3.05) is 20.0 Å². The van der Waals surface area contributed by atoms with Crippen LogP contribution in [-0.4, -0.2) is 40.5 Å². The number of ketones is 1. The number of aromatic nitrogens is 3. The van der Waals surface area contributed by atoms with E-state index in [0.29, 0.717) is 22.8 Å². The van der Waals surface area contributed by atoms with E-state index in [1.807, 2.05) is 0 Å². The topological polar surface area (TPSA) is 66.2 Å². The van der Waals surface area contributed by atoms with Crippen molar-refractivity contribution in [3.05, 3.63) is 29.6 Å². The first-order valence-electron chi connectivity index (χ1n) is 8.03. The number of methoxy groups -OCH3 is 2. The van der Waals surface area contributed by atoms with E-state index < -0.39 is 0 Å². The maximum Gasteiger partial charge on any atom is 0.191 e. The van der Waals surface area contributed by atoms with Crippen LogP contribution in [0.1, 0.15) is 35.4 Å². The zero-order chi connectivity index (χ0) is 16.9. The van der Waals surface area contributed by atoms with Gasteiger partial charge in [-0.15, -0.1) is 10.2 Å². The lowest BCUT2D eigenvalue weighted by molar-refractivity contribution is 0.102. The second-order valence-corrected chi connectivity index (χ2v) is 6.59. The first-order chi connectivity index (χ1) is 11.7. The molecule has 0 spiro atoms. The van der Waals surface area contributed by atoms with Gasteiger partial charge in [0.2, 0.25) is 0 Å². The average molecular weight is 347 g/mol. The molecule has 0 atom stereocenters. The zero-order valence-electron chi connectivity index (χ0n) is 13.9. The molecule has 1 aliphatic heterocycles. The number of nitrogens with zero attached hydrogens (tertiary/aromatic N) is 3. The Balaban J connectivity index is 1.69. The van der Waals surface area contributed by atoms with Gasteiger partial charge in [0.25, 0.3) is 0 Å². The maximum absolute atomic E-state index is 12.5. The lowest BCUT2D eigenvalue weighted by atomic mass is 10.1. The number of carbonyl (C=O) groups excluding carboxylic acids is 1. The first-order valence-corrected chi connectivity index (χ1v) is 9.01. The molecule has 3 rings (SSSR count). The molecule has 0 bridgehead atoms. The SMILES string of the molecule is COc1ccc(C(=O)CSc2nnc3n2CCCCC3)cc1OC. The first kappa shape index (κ1) is 16.8. The monoisotopic (exact) mass is 347 g/mol. The molecule has 6 nitrogen and oxygen atoms in total. The number of hydrogen-bond donors (Lipinski definition) is 0. The third kappa shape index (κ3) is 3.56. The Hall–Kier alpha value is -2.02. The van der Waals surface area contributed by atoms with E-state index in [2.05, 4.69) is 14.8 Å². The molecular formula is C17H21N3O3S. The van der Waals surface area contributed by atoms with Crippen LogP contribution in [0.25, 0.3) is 0 Å². The summed E-state index contributed by atoms with van der Waals surface area (Å²) in [5, 5.41) is 9.34. The maximum atomic E-state index is 12.5. The van der Waals surface area contributed by atoms with Crippen LogP contribution < -0.4 is 9.47 Å². The van der Waals surface area contributed by atoms with Crippen LogP contribution in [0.15, 0.2) is 23.4 Å². The van der Waals surface area contributed by atoms with E-state index in [-0.39, 0.29) is 5.78 Å². The predicted molar refractivity (Wildman–Crippen MR) is 92.2 cm³/mol. The number of ether oxygens (including phenoxy) is 2. The highest BCUT2D eigenvalue weighted by atomic mass is 32.2. The van der Waals surface area contributed by atoms with Crippen LogP contribution in [0.4, 0.5) is 0 Å². The third-order valence-electron chi connectivity index (χ3n) is 4.11. The van der Waals surface area contributed by atoms with E-state index in [4.69, 9.17) is 9.47 Å². The third-order valence-corrected chi connectivity index (χ3v) is 5.08. The minimum absolute atomic E-state index is 0.0342. The fraction of sp³-hybridized carbons (Fsp3) is 0.471. The van der Waals surface area contributed by atoms with Crippen molar-refractivity contribution in [3.8, 4) is 11.5 Å². The molecule has 0 amide bonds. The Morgan fingerprint density at radius 3 is 2.79 bits per heavy atom. The van der Waals surface area contributed by atoms with Crippen molar-refractivity contribution in [1.82, 2.24) is 14.8 Å². The molecule has 1 aromatic carbocycles. The van der Waals surface area contributed by atoms with Gasteiger partial charge in [0.1, 0.15) is 5.82 Å². The molecule has 1 aliphatic rings. The van der Waals surface area contributed by atoms with Gasteiger partial charge in [-0.2, -0.15) is 0 Å². The van der Waals surface area contributed by atoms with Crippen molar-refractivity contribution in [2.45, 2.75) is 37.4 Å². The summed E-state index contributed by atoms with van der Waals surface area (Å²) in [4.78, 5) is 12.5. The van der Waals surface area contributed by atoms with Crippen LogP contribution in [0.5, 0.6) is 11.5 Å². The molecule has 24 heavy (non-hydrogen) atoms. The van der Waals surface area contributed by atoms with Crippen LogP contribution >= 0.6 is 11.8 Å². The van der Waals surface area contributed by atoms with Crippen molar-refractivity contribution in [3.63, 3.8) is 0 Å². The predicted octanol–water partition coefficient (Wildman–Crippen LogP) is 3.00. The van der Waals surface area contributed by atoms with Crippen molar-refractivity contribution in [1.29, 1.82) is 0 Å². The number of carbonyl (C=O) groups is 1. The smallest absolute Gasteiger partial charge is 0.191 e. The van der Waals surface area contributed by atoms with Gasteiger partial charge in [0.05, 0.1) is 20.0 Å². The summed E-state index contributed by atoms with van der Waals surface area (Å²) in [5.41, 5.74) is 0.607. The highest BCUT2D eigenvalue weighted by molar-refractivity contribution is 7.99. The lowest BCUT2D eigenvalue weighted by Gasteiger charge is -2.09. The fourth-order valence-corrected chi connectivity index (χ4v) is 3.67. The number of hydrogen-bond acceptors (Lipinski definition) is 6. The molecule has 0 saturated heterocycles. The quantitative estimate of drug-likeness (QED) is 0.591. The molecule has 1 aromatic heterocycles. The number of thioether (sulfide) groups is 1. The summed E-state index contributed by atoms with van der Waals surface area (Å²) in [7, 11) is 3.14. The number of rotatable bonds is 6. The van der Waals surface area contributed by atoms with Crippen molar-refractivity contribution >= 4 is 17.5 Å². The van der Waals surface area contributed by atoms with Gasteiger partial charge < -0.3 is 14.0 Å². The minimum atomic E-state index is 0.0342. The highest BCUT2D eigenvalue weighted by Gasteiger charge is 2.17. The summed E-state index contributed by atoms with van der Waals surface area (Å²) >= 11 is 1.45.